The molecule has 0 saturated carbocycles. The van der Waals surface area contributed by atoms with E-state index in [1.807, 2.05) is 16.9 Å². The summed E-state index contributed by atoms with van der Waals surface area (Å²) in [5, 5.41) is 4.20. The van der Waals surface area contributed by atoms with Crippen LogP contribution in [0.4, 0.5) is 5.82 Å². The molecule has 0 unspecified atom stereocenters. The third kappa shape index (κ3) is 3.46. The highest BCUT2D eigenvalue weighted by atomic mass is 16.5. The highest BCUT2D eigenvalue weighted by Gasteiger charge is 2.37. The van der Waals surface area contributed by atoms with E-state index in [2.05, 4.69) is 37.7 Å². The van der Waals surface area contributed by atoms with Crippen LogP contribution in [-0.4, -0.2) is 45.5 Å². The van der Waals surface area contributed by atoms with Crippen molar-refractivity contribution >= 4 is 5.82 Å². The van der Waals surface area contributed by atoms with Crippen LogP contribution in [0.3, 0.4) is 0 Å². The van der Waals surface area contributed by atoms with Crippen molar-refractivity contribution in [1.29, 1.82) is 0 Å². The first-order valence-corrected chi connectivity index (χ1v) is 6.47. The number of morpholine rings is 1. The van der Waals surface area contributed by atoms with Crippen LogP contribution in [0, 0.1) is 0 Å². The molecule has 0 aromatic carbocycles. The Labute approximate surface area is 109 Å². The maximum Gasteiger partial charge on any atom is 0.145 e. The molecule has 2 heterocycles. The summed E-state index contributed by atoms with van der Waals surface area (Å²) in [5.74, 6) is 0.581. The first-order valence-electron chi connectivity index (χ1n) is 6.47. The summed E-state index contributed by atoms with van der Waals surface area (Å²) in [6.07, 6.45) is 1.92. The van der Waals surface area contributed by atoms with Gasteiger partial charge in [-0.25, -0.2) is 0 Å². The number of rotatable bonds is 3. The third-order valence-corrected chi connectivity index (χ3v) is 3.07. The van der Waals surface area contributed by atoms with Crippen molar-refractivity contribution in [1.82, 2.24) is 14.7 Å². The topological polar surface area (TPSA) is 56.3 Å². The van der Waals surface area contributed by atoms with Crippen LogP contribution < -0.4 is 5.73 Å². The highest BCUT2D eigenvalue weighted by molar-refractivity contribution is 5.23. The number of hydrogen-bond donors (Lipinski definition) is 1. The predicted molar refractivity (Wildman–Crippen MR) is 72.3 cm³/mol. The molecule has 1 saturated heterocycles. The van der Waals surface area contributed by atoms with Crippen LogP contribution in [0.1, 0.15) is 27.7 Å². The van der Waals surface area contributed by atoms with Crippen LogP contribution >= 0.6 is 0 Å². The van der Waals surface area contributed by atoms with Crippen molar-refractivity contribution in [2.45, 2.75) is 45.4 Å². The minimum atomic E-state index is -0.0924. The molecular weight excluding hydrogens is 228 g/mol. The lowest BCUT2D eigenvalue weighted by molar-refractivity contribution is -0.180. The molecule has 5 heteroatoms. The van der Waals surface area contributed by atoms with Gasteiger partial charge in [0.1, 0.15) is 5.82 Å². The SMILES string of the molecule is CC1(C)CN(CCn2ccc(N)n2)CC(C)(C)O1. The lowest BCUT2D eigenvalue weighted by Gasteiger charge is -2.47. The first-order chi connectivity index (χ1) is 8.26. The fourth-order valence-corrected chi connectivity index (χ4v) is 2.85. The summed E-state index contributed by atoms with van der Waals surface area (Å²) in [6.45, 7) is 12.3. The monoisotopic (exact) mass is 252 g/mol. The maximum absolute atomic E-state index is 6.06. The molecule has 2 rings (SSSR count). The van der Waals surface area contributed by atoms with Gasteiger partial charge in [0.15, 0.2) is 0 Å². The zero-order chi connectivity index (χ0) is 13.4. The number of nitrogens with zero attached hydrogens (tertiary/aromatic N) is 3. The fourth-order valence-electron chi connectivity index (χ4n) is 2.85. The van der Waals surface area contributed by atoms with Crippen molar-refractivity contribution in [2.24, 2.45) is 0 Å². The third-order valence-electron chi connectivity index (χ3n) is 3.07. The predicted octanol–water partition coefficient (Wildman–Crippen LogP) is 1.35. The second-order valence-electron chi connectivity index (χ2n) is 6.34. The number of nitrogen functional groups attached to an aromatic ring is 1. The van der Waals surface area contributed by atoms with E-state index in [1.165, 1.54) is 0 Å². The van der Waals surface area contributed by atoms with Crippen molar-refractivity contribution < 1.29 is 4.74 Å². The standard InChI is InChI=1S/C13H24N4O/c1-12(2)9-16(10-13(3,4)18-12)7-8-17-6-5-11(14)15-17/h5-6H,7-10H2,1-4H3,(H2,14,15). The van der Waals surface area contributed by atoms with Gasteiger partial charge in [0.2, 0.25) is 0 Å². The van der Waals surface area contributed by atoms with E-state index in [0.717, 1.165) is 26.2 Å². The second-order valence-corrected chi connectivity index (χ2v) is 6.34. The Hall–Kier alpha value is -1.07. The molecule has 1 aromatic heterocycles. The molecule has 2 N–H and O–H groups in total. The van der Waals surface area contributed by atoms with Crippen LogP contribution in [0.5, 0.6) is 0 Å². The molecule has 1 aromatic rings. The number of anilines is 1. The number of nitrogens with two attached hydrogens (primary N) is 1. The van der Waals surface area contributed by atoms with E-state index < -0.39 is 0 Å². The molecule has 5 nitrogen and oxygen atoms in total. The van der Waals surface area contributed by atoms with Crippen LogP contribution in [0.25, 0.3) is 0 Å². The molecule has 0 radical (unpaired) electrons. The average molecular weight is 252 g/mol. The Morgan fingerprint density at radius 3 is 2.33 bits per heavy atom. The van der Waals surface area contributed by atoms with Gasteiger partial charge in [-0.2, -0.15) is 5.10 Å². The molecule has 1 aliphatic heterocycles. The molecule has 1 aliphatic rings. The van der Waals surface area contributed by atoms with E-state index in [4.69, 9.17) is 10.5 Å². The quantitative estimate of drug-likeness (QED) is 0.882. The van der Waals surface area contributed by atoms with Crippen LogP contribution in [0.15, 0.2) is 12.3 Å². The summed E-state index contributed by atoms with van der Waals surface area (Å²) in [4.78, 5) is 2.43. The Kier molecular flexibility index (Phi) is 3.38. The van der Waals surface area contributed by atoms with E-state index in [0.29, 0.717) is 5.82 Å². The zero-order valence-corrected chi connectivity index (χ0v) is 11.8. The lowest BCUT2D eigenvalue weighted by atomic mass is 9.99. The van der Waals surface area contributed by atoms with Crippen molar-refractivity contribution in [3.8, 4) is 0 Å². The lowest BCUT2D eigenvalue weighted by Crippen LogP contribution is -2.57. The van der Waals surface area contributed by atoms with E-state index >= 15 is 0 Å². The molecular formula is C13H24N4O. The van der Waals surface area contributed by atoms with Crippen molar-refractivity contribution in [3.05, 3.63) is 12.3 Å². The van der Waals surface area contributed by atoms with Crippen molar-refractivity contribution in [3.63, 3.8) is 0 Å². The second kappa shape index (κ2) is 4.55. The fraction of sp³-hybridized carbons (Fsp3) is 0.769. The minimum Gasteiger partial charge on any atom is -0.382 e. The summed E-state index contributed by atoms with van der Waals surface area (Å²) in [6, 6.07) is 1.83. The van der Waals surface area contributed by atoms with Crippen LogP contribution in [-0.2, 0) is 11.3 Å². The molecule has 0 aliphatic carbocycles. The van der Waals surface area contributed by atoms with Gasteiger partial charge in [0.25, 0.3) is 0 Å². The molecule has 1 fully saturated rings. The van der Waals surface area contributed by atoms with Gasteiger partial charge >= 0.3 is 0 Å². The van der Waals surface area contributed by atoms with Gasteiger partial charge in [-0.05, 0) is 33.8 Å². The first kappa shape index (κ1) is 13.4. The Bertz CT molecular complexity index is 395. The average Bonchev–Trinajstić information content (AvgIpc) is 2.56. The van der Waals surface area contributed by atoms with Gasteiger partial charge < -0.3 is 10.5 Å². The van der Waals surface area contributed by atoms with Gasteiger partial charge in [-0.3, -0.25) is 9.58 Å². The van der Waals surface area contributed by atoms with Gasteiger partial charge in [0, 0.05) is 25.8 Å². The largest absolute Gasteiger partial charge is 0.382 e. The Balaban J connectivity index is 1.93. The van der Waals surface area contributed by atoms with E-state index in [9.17, 15) is 0 Å². The van der Waals surface area contributed by atoms with Crippen molar-refractivity contribution in [2.75, 3.05) is 25.4 Å². The number of hydrogen-bond acceptors (Lipinski definition) is 4. The van der Waals surface area contributed by atoms with E-state index in [1.54, 1.807) is 0 Å². The molecule has 18 heavy (non-hydrogen) atoms. The summed E-state index contributed by atoms with van der Waals surface area (Å²) in [5.41, 5.74) is 5.42. The maximum atomic E-state index is 6.06. The van der Waals surface area contributed by atoms with Crippen LogP contribution in [0.2, 0.25) is 0 Å². The Morgan fingerprint density at radius 2 is 1.83 bits per heavy atom. The normalized spacial score (nSPS) is 23.1. The summed E-state index contributed by atoms with van der Waals surface area (Å²) < 4.78 is 7.96. The number of aromatic nitrogens is 2. The minimum absolute atomic E-state index is 0.0924. The smallest absolute Gasteiger partial charge is 0.145 e. The summed E-state index contributed by atoms with van der Waals surface area (Å²) >= 11 is 0. The molecule has 102 valence electrons. The Morgan fingerprint density at radius 1 is 1.22 bits per heavy atom. The molecule has 0 atom stereocenters. The van der Waals surface area contributed by atoms with E-state index in [-0.39, 0.29) is 11.2 Å². The molecule has 0 amide bonds. The van der Waals surface area contributed by atoms with Gasteiger partial charge in [-0.15, -0.1) is 0 Å². The molecule has 0 spiro atoms. The van der Waals surface area contributed by atoms with Gasteiger partial charge in [0.05, 0.1) is 17.7 Å². The summed E-state index contributed by atoms with van der Waals surface area (Å²) in [7, 11) is 0. The highest BCUT2D eigenvalue weighted by Crippen LogP contribution is 2.27. The number of ether oxygens (including phenoxy) is 1. The van der Waals surface area contributed by atoms with Gasteiger partial charge in [-0.1, -0.05) is 0 Å². The zero-order valence-electron chi connectivity index (χ0n) is 11.8. The molecule has 0 bridgehead atoms.